The summed E-state index contributed by atoms with van der Waals surface area (Å²) in [4.78, 5) is 38.3. The number of anilines is 2. The highest BCUT2D eigenvalue weighted by atomic mass is 19.1. The zero-order valence-electron chi connectivity index (χ0n) is 22.0. The molecule has 0 atom stereocenters. The molecule has 0 unspecified atom stereocenters. The molecule has 2 N–H and O–H groups in total. The predicted molar refractivity (Wildman–Crippen MR) is 146 cm³/mol. The summed E-state index contributed by atoms with van der Waals surface area (Å²) in [6.07, 6.45) is -1.19. The number of ketones is 1. The average molecular weight is 530 g/mol. The van der Waals surface area contributed by atoms with Gasteiger partial charge in [0.2, 0.25) is 5.91 Å². The van der Waals surface area contributed by atoms with E-state index in [1.165, 1.54) is 18.2 Å². The Kier molecular flexibility index (Phi) is 7.90. The third-order valence-corrected chi connectivity index (χ3v) is 5.53. The number of carbonyl (C=O) groups is 3. The van der Waals surface area contributed by atoms with Gasteiger partial charge in [-0.2, -0.15) is 0 Å². The number of nitrogens with zero attached hydrogens (tertiary/aromatic N) is 1. The highest BCUT2D eigenvalue weighted by Crippen LogP contribution is 2.31. The smallest absolute Gasteiger partial charge is 0.412 e. The molecule has 4 rings (SSSR count). The Bertz CT molecular complexity index is 1540. The van der Waals surface area contributed by atoms with Crippen molar-refractivity contribution in [2.45, 2.75) is 39.7 Å². The van der Waals surface area contributed by atoms with Crippen LogP contribution >= 0.6 is 0 Å². The molecule has 0 aliphatic rings. The number of hydrogen-bond donors (Lipinski definition) is 2. The van der Waals surface area contributed by atoms with Crippen molar-refractivity contribution in [3.63, 3.8) is 0 Å². The van der Waals surface area contributed by atoms with Crippen LogP contribution < -0.4 is 10.6 Å². The number of nitrogens with one attached hydrogen (secondary N) is 2. The molecule has 4 aromatic rings. The molecular weight excluding hydrogens is 501 g/mol. The highest BCUT2D eigenvalue weighted by Gasteiger charge is 2.20. The molecule has 0 saturated heterocycles. The van der Waals surface area contributed by atoms with Crippen molar-refractivity contribution < 1.29 is 28.0 Å². The van der Waals surface area contributed by atoms with Crippen LogP contribution in [0.2, 0.25) is 0 Å². The van der Waals surface area contributed by atoms with Gasteiger partial charge in [-0.05, 0) is 57.5 Å². The summed E-state index contributed by atoms with van der Waals surface area (Å²) in [5.74, 6) is -0.967. The van der Waals surface area contributed by atoms with Gasteiger partial charge in [-0.25, -0.2) is 9.18 Å². The molecule has 0 spiro atoms. The van der Waals surface area contributed by atoms with Crippen molar-refractivity contribution in [3.05, 3.63) is 89.9 Å². The Balaban J connectivity index is 1.56. The van der Waals surface area contributed by atoms with Crippen molar-refractivity contribution in [1.82, 2.24) is 5.16 Å². The van der Waals surface area contributed by atoms with Gasteiger partial charge in [-0.3, -0.25) is 14.9 Å². The van der Waals surface area contributed by atoms with Gasteiger partial charge in [-0.15, -0.1) is 0 Å². The molecule has 8 nitrogen and oxygen atoms in total. The van der Waals surface area contributed by atoms with Gasteiger partial charge in [0, 0.05) is 22.8 Å². The predicted octanol–water partition coefficient (Wildman–Crippen LogP) is 7.01. The summed E-state index contributed by atoms with van der Waals surface area (Å²) in [6.45, 7) is 6.96. The minimum absolute atomic E-state index is 0.185. The van der Waals surface area contributed by atoms with Crippen LogP contribution in [0.1, 0.15) is 43.2 Å². The topological polar surface area (TPSA) is 111 Å². The van der Waals surface area contributed by atoms with Crippen LogP contribution in [-0.4, -0.2) is 28.5 Å². The average Bonchev–Trinajstić information content (AvgIpc) is 3.30. The van der Waals surface area contributed by atoms with Crippen molar-refractivity contribution >= 4 is 29.2 Å². The number of benzene rings is 3. The van der Waals surface area contributed by atoms with Gasteiger partial charge in [0.1, 0.15) is 11.4 Å². The van der Waals surface area contributed by atoms with Gasteiger partial charge in [0.05, 0.1) is 23.5 Å². The third kappa shape index (κ3) is 7.16. The van der Waals surface area contributed by atoms with E-state index in [2.05, 4.69) is 15.8 Å². The van der Waals surface area contributed by atoms with Crippen LogP contribution in [0.5, 0.6) is 0 Å². The molecule has 1 aromatic heterocycles. The Morgan fingerprint density at radius 3 is 2.36 bits per heavy atom. The second-order valence-corrected chi connectivity index (χ2v) is 9.93. The van der Waals surface area contributed by atoms with E-state index in [-0.39, 0.29) is 11.4 Å². The monoisotopic (exact) mass is 529 g/mol. The van der Waals surface area contributed by atoms with Crippen molar-refractivity contribution in [1.29, 1.82) is 0 Å². The fourth-order valence-corrected chi connectivity index (χ4v) is 3.82. The standard InChI is InChI=1S/C30H28FN3O5/c1-18-14-27(39-34-18)21-9-7-8-20(15-21)26(35)17-28(36)32-25-16-19(22-10-5-6-11-23(22)31)12-13-24(25)33-29(37)38-30(2,3)4/h5-16H,17H2,1-4H3,(H,32,36)(H,33,37). The fourth-order valence-electron chi connectivity index (χ4n) is 3.82. The minimum atomic E-state index is -0.744. The van der Waals surface area contributed by atoms with E-state index in [1.54, 1.807) is 82.3 Å². The molecule has 0 saturated carbocycles. The first-order chi connectivity index (χ1) is 18.5. The Morgan fingerprint density at radius 1 is 0.897 bits per heavy atom. The van der Waals surface area contributed by atoms with E-state index < -0.39 is 35.6 Å². The summed E-state index contributed by atoms with van der Waals surface area (Å²) in [5, 5.41) is 9.14. The molecule has 9 heteroatoms. The number of Topliss-reactive ketones (excluding diaryl/α,β-unsaturated/α-hetero) is 1. The summed E-state index contributed by atoms with van der Waals surface area (Å²) in [6, 6.07) is 19.3. The molecule has 2 amide bonds. The zero-order valence-corrected chi connectivity index (χ0v) is 22.0. The van der Waals surface area contributed by atoms with Crippen molar-refractivity contribution in [2.24, 2.45) is 0 Å². The van der Waals surface area contributed by atoms with Gasteiger partial charge in [0.15, 0.2) is 11.5 Å². The normalized spacial score (nSPS) is 11.1. The lowest BCUT2D eigenvalue weighted by Gasteiger charge is -2.21. The number of aromatic nitrogens is 1. The number of ether oxygens (including phenoxy) is 1. The molecule has 3 aromatic carbocycles. The highest BCUT2D eigenvalue weighted by molar-refractivity contribution is 6.12. The maximum absolute atomic E-state index is 14.4. The number of carbonyl (C=O) groups excluding carboxylic acids is 3. The molecule has 0 radical (unpaired) electrons. The van der Waals surface area contributed by atoms with Gasteiger partial charge < -0.3 is 14.6 Å². The fraction of sp³-hybridized carbons (Fsp3) is 0.200. The maximum atomic E-state index is 14.4. The Morgan fingerprint density at radius 2 is 1.67 bits per heavy atom. The van der Waals surface area contributed by atoms with Gasteiger partial charge >= 0.3 is 6.09 Å². The van der Waals surface area contributed by atoms with E-state index in [4.69, 9.17) is 9.26 Å². The largest absolute Gasteiger partial charge is 0.444 e. The maximum Gasteiger partial charge on any atom is 0.412 e. The van der Waals surface area contributed by atoms with Crippen molar-refractivity contribution in [3.8, 4) is 22.5 Å². The number of hydrogen-bond acceptors (Lipinski definition) is 6. The number of rotatable bonds is 7. The van der Waals surface area contributed by atoms with Gasteiger partial charge in [-0.1, -0.05) is 47.6 Å². The number of aryl methyl sites for hydroxylation is 1. The van der Waals surface area contributed by atoms with E-state index in [9.17, 15) is 18.8 Å². The number of halogens is 1. The summed E-state index contributed by atoms with van der Waals surface area (Å²) in [5.41, 5.74) is 2.14. The molecule has 39 heavy (non-hydrogen) atoms. The Hall–Kier alpha value is -4.79. The van der Waals surface area contributed by atoms with Crippen LogP contribution in [0.15, 0.2) is 77.3 Å². The van der Waals surface area contributed by atoms with E-state index >= 15 is 0 Å². The molecule has 0 fully saturated rings. The molecule has 1 heterocycles. The van der Waals surface area contributed by atoms with Crippen LogP contribution in [0, 0.1) is 12.7 Å². The summed E-state index contributed by atoms with van der Waals surface area (Å²) >= 11 is 0. The second-order valence-electron chi connectivity index (χ2n) is 9.93. The lowest BCUT2D eigenvalue weighted by atomic mass is 10.0. The molecule has 0 aliphatic heterocycles. The molecule has 200 valence electrons. The van der Waals surface area contributed by atoms with Crippen LogP contribution in [0.4, 0.5) is 20.6 Å². The van der Waals surface area contributed by atoms with E-state index in [1.807, 2.05) is 0 Å². The molecular formula is C30H28FN3O5. The first-order valence-electron chi connectivity index (χ1n) is 12.2. The number of amides is 2. The van der Waals surface area contributed by atoms with Gasteiger partial charge in [0.25, 0.3) is 0 Å². The SMILES string of the molecule is Cc1cc(-c2cccc(C(=O)CC(=O)Nc3cc(-c4ccccc4F)ccc3NC(=O)OC(C)(C)C)c2)on1. The second kappa shape index (κ2) is 11.3. The van der Waals surface area contributed by atoms with E-state index in [0.717, 1.165) is 0 Å². The first kappa shape index (κ1) is 27.3. The lowest BCUT2D eigenvalue weighted by Crippen LogP contribution is -2.27. The van der Waals surface area contributed by atoms with Crippen LogP contribution in [-0.2, 0) is 9.53 Å². The quantitative estimate of drug-likeness (QED) is 0.197. The summed E-state index contributed by atoms with van der Waals surface area (Å²) in [7, 11) is 0. The van der Waals surface area contributed by atoms with Crippen LogP contribution in [0.3, 0.4) is 0 Å². The zero-order chi connectivity index (χ0) is 28.2. The lowest BCUT2D eigenvalue weighted by molar-refractivity contribution is -0.115. The van der Waals surface area contributed by atoms with Crippen LogP contribution in [0.25, 0.3) is 22.5 Å². The van der Waals surface area contributed by atoms with Crippen molar-refractivity contribution in [2.75, 3.05) is 10.6 Å². The molecule has 0 aliphatic carbocycles. The third-order valence-electron chi connectivity index (χ3n) is 5.53. The minimum Gasteiger partial charge on any atom is -0.444 e. The summed E-state index contributed by atoms with van der Waals surface area (Å²) < 4.78 is 25.0. The Labute approximate surface area is 225 Å². The molecule has 0 bridgehead atoms. The van der Waals surface area contributed by atoms with E-state index in [0.29, 0.717) is 33.7 Å². The first-order valence-corrected chi connectivity index (χ1v) is 12.2.